The van der Waals surface area contributed by atoms with E-state index in [4.69, 9.17) is 9.72 Å². The third-order valence-electron chi connectivity index (χ3n) is 4.01. The lowest BCUT2D eigenvalue weighted by atomic mass is 10.2. The van der Waals surface area contributed by atoms with Gasteiger partial charge in [0.25, 0.3) is 0 Å². The molecule has 4 rings (SSSR count). The monoisotopic (exact) mass is 314 g/mol. The van der Waals surface area contributed by atoms with Crippen molar-refractivity contribution < 1.29 is 4.74 Å². The highest BCUT2D eigenvalue weighted by Gasteiger charge is 2.11. The normalized spacial score (nSPS) is 10.8. The van der Waals surface area contributed by atoms with E-state index in [0.29, 0.717) is 6.61 Å². The molecule has 0 spiro atoms. The Labute approximate surface area is 141 Å². The molecular weight excluding hydrogens is 296 g/mol. The molecular formula is C21H18N2O. The molecule has 118 valence electrons. The van der Waals surface area contributed by atoms with Gasteiger partial charge in [-0.1, -0.05) is 60.7 Å². The number of aromatic nitrogens is 2. The Morgan fingerprint density at radius 2 is 1.42 bits per heavy atom. The molecule has 0 aliphatic rings. The summed E-state index contributed by atoms with van der Waals surface area (Å²) in [4.78, 5) is 4.82. The second-order valence-corrected chi connectivity index (χ2v) is 5.60. The number of imidazole rings is 1. The summed E-state index contributed by atoms with van der Waals surface area (Å²) in [6, 6.07) is 28.4. The van der Waals surface area contributed by atoms with Gasteiger partial charge in [0.2, 0.25) is 0 Å². The fourth-order valence-corrected chi connectivity index (χ4v) is 2.88. The van der Waals surface area contributed by atoms with Gasteiger partial charge in [-0.05, 0) is 24.3 Å². The number of fused-ring (bicyclic) bond motifs is 1. The lowest BCUT2D eigenvalue weighted by Gasteiger charge is -2.11. The summed E-state index contributed by atoms with van der Waals surface area (Å²) in [6.45, 7) is 1.35. The molecule has 24 heavy (non-hydrogen) atoms. The maximum atomic E-state index is 5.87. The van der Waals surface area contributed by atoms with E-state index in [1.54, 1.807) is 0 Å². The Kier molecular flexibility index (Phi) is 3.98. The SMILES string of the molecule is c1ccc(OCCn2c(-c3ccccc3)nc3ccccc32)cc1. The third-order valence-corrected chi connectivity index (χ3v) is 4.01. The lowest BCUT2D eigenvalue weighted by Crippen LogP contribution is -2.09. The summed E-state index contributed by atoms with van der Waals surface area (Å²) >= 11 is 0. The quantitative estimate of drug-likeness (QED) is 0.530. The Bertz CT molecular complexity index is 930. The molecule has 3 heteroatoms. The van der Waals surface area contributed by atoms with Crippen LogP contribution in [0.25, 0.3) is 22.4 Å². The zero-order chi connectivity index (χ0) is 16.2. The number of hydrogen-bond donors (Lipinski definition) is 0. The van der Waals surface area contributed by atoms with Crippen molar-refractivity contribution in [3.63, 3.8) is 0 Å². The van der Waals surface area contributed by atoms with Crippen LogP contribution in [0.3, 0.4) is 0 Å². The first-order valence-electron chi connectivity index (χ1n) is 8.10. The second kappa shape index (κ2) is 6.59. The van der Waals surface area contributed by atoms with Gasteiger partial charge in [0.1, 0.15) is 18.2 Å². The largest absolute Gasteiger partial charge is 0.492 e. The number of nitrogens with zero attached hydrogens (tertiary/aromatic N) is 2. The smallest absolute Gasteiger partial charge is 0.141 e. The number of ether oxygens (including phenoxy) is 1. The van der Waals surface area contributed by atoms with Crippen LogP contribution < -0.4 is 4.74 Å². The zero-order valence-electron chi connectivity index (χ0n) is 13.3. The maximum Gasteiger partial charge on any atom is 0.141 e. The van der Waals surface area contributed by atoms with E-state index in [0.717, 1.165) is 34.7 Å². The van der Waals surface area contributed by atoms with Gasteiger partial charge < -0.3 is 9.30 Å². The average molecular weight is 314 g/mol. The molecule has 0 N–H and O–H groups in total. The van der Waals surface area contributed by atoms with Gasteiger partial charge >= 0.3 is 0 Å². The number of rotatable bonds is 5. The summed E-state index contributed by atoms with van der Waals surface area (Å²) in [7, 11) is 0. The Balaban J connectivity index is 1.65. The van der Waals surface area contributed by atoms with Crippen LogP contribution in [-0.4, -0.2) is 16.2 Å². The maximum absolute atomic E-state index is 5.87. The van der Waals surface area contributed by atoms with E-state index in [1.165, 1.54) is 0 Å². The standard InChI is InChI=1S/C21H18N2O/c1-3-9-17(10-4-1)21-22-19-13-7-8-14-20(19)23(21)15-16-24-18-11-5-2-6-12-18/h1-14H,15-16H2. The molecule has 4 aromatic rings. The molecule has 0 fully saturated rings. The van der Waals surface area contributed by atoms with Crippen molar-refractivity contribution in [2.24, 2.45) is 0 Å². The van der Waals surface area contributed by atoms with Gasteiger partial charge in [-0.25, -0.2) is 4.98 Å². The van der Waals surface area contributed by atoms with Crippen LogP contribution in [-0.2, 0) is 6.54 Å². The number of para-hydroxylation sites is 3. The number of benzene rings is 3. The first kappa shape index (κ1) is 14.5. The minimum atomic E-state index is 0.601. The first-order chi connectivity index (χ1) is 11.9. The highest BCUT2D eigenvalue weighted by atomic mass is 16.5. The minimum absolute atomic E-state index is 0.601. The molecule has 0 atom stereocenters. The fourth-order valence-electron chi connectivity index (χ4n) is 2.88. The summed E-state index contributed by atoms with van der Waals surface area (Å²) in [5.74, 6) is 1.87. The molecule has 1 aromatic heterocycles. The lowest BCUT2D eigenvalue weighted by molar-refractivity contribution is 0.301. The summed E-state index contributed by atoms with van der Waals surface area (Å²) in [5.41, 5.74) is 3.26. The molecule has 0 amide bonds. The summed E-state index contributed by atoms with van der Waals surface area (Å²) < 4.78 is 8.10. The van der Waals surface area contributed by atoms with Crippen LogP contribution in [0.5, 0.6) is 5.75 Å². The van der Waals surface area contributed by atoms with Crippen LogP contribution >= 0.6 is 0 Å². The van der Waals surface area contributed by atoms with Crippen molar-refractivity contribution in [1.82, 2.24) is 9.55 Å². The van der Waals surface area contributed by atoms with E-state index in [-0.39, 0.29) is 0 Å². The van der Waals surface area contributed by atoms with Crippen LogP contribution in [0.4, 0.5) is 0 Å². The highest BCUT2D eigenvalue weighted by Crippen LogP contribution is 2.24. The molecule has 0 radical (unpaired) electrons. The molecule has 0 aliphatic carbocycles. The van der Waals surface area contributed by atoms with Crippen molar-refractivity contribution in [2.75, 3.05) is 6.61 Å². The van der Waals surface area contributed by atoms with Gasteiger partial charge in [0, 0.05) is 5.56 Å². The van der Waals surface area contributed by atoms with Crippen LogP contribution in [0.15, 0.2) is 84.9 Å². The van der Waals surface area contributed by atoms with Crippen LogP contribution in [0.2, 0.25) is 0 Å². The van der Waals surface area contributed by atoms with Crippen molar-refractivity contribution in [1.29, 1.82) is 0 Å². The van der Waals surface area contributed by atoms with Gasteiger partial charge in [-0.3, -0.25) is 0 Å². The van der Waals surface area contributed by atoms with E-state index in [1.807, 2.05) is 60.7 Å². The molecule has 0 saturated heterocycles. The predicted molar refractivity (Wildman–Crippen MR) is 97.1 cm³/mol. The molecule has 3 aromatic carbocycles. The predicted octanol–water partition coefficient (Wildman–Crippen LogP) is 4.78. The Hall–Kier alpha value is -3.07. The van der Waals surface area contributed by atoms with E-state index in [2.05, 4.69) is 28.8 Å². The summed E-state index contributed by atoms with van der Waals surface area (Å²) in [5, 5.41) is 0. The first-order valence-corrected chi connectivity index (χ1v) is 8.10. The molecule has 0 saturated carbocycles. The summed E-state index contributed by atoms with van der Waals surface area (Å²) in [6.07, 6.45) is 0. The molecule has 3 nitrogen and oxygen atoms in total. The minimum Gasteiger partial charge on any atom is -0.492 e. The molecule has 0 aliphatic heterocycles. The topological polar surface area (TPSA) is 27.1 Å². The van der Waals surface area contributed by atoms with Gasteiger partial charge in [0.05, 0.1) is 17.6 Å². The van der Waals surface area contributed by atoms with E-state index >= 15 is 0 Å². The van der Waals surface area contributed by atoms with Crippen molar-refractivity contribution in [3.05, 3.63) is 84.9 Å². The highest BCUT2D eigenvalue weighted by molar-refractivity contribution is 5.80. The molecule has 1 heterocycles. The van der Waals surface area contributed by atoms with Crippen molar-refractivity contribution >= 4 is 11.0 Å². The fraction of sp³-hybridized carbons (Fsp3) is 0.0952. The zero-order valence-corrected chi connectivity index (χ0v) is 13.3. The van der Waals surface area contributed by atoms with Gasteiger partial charge in [-0.2, -0.15) is 0 Å². The van der Waals surface area contributed by atoms with Crippen LogP contribution in [0, 0.1) is 0 Å². The van der Waals surface area contributed by atoms with Crippen LogP contribution in [0.1, 0.15) is 0 Å². The molecule has 0 unspecified atom stereocenters. The van der Waals surface area contributed by atoms with Gasteiger partial charge in [0.15, 0.2) is 0 Å². The van der Waals surface area contributed by atoms with Gasteiger partial charge in [-0.15, -0.1) is 0 Å². The third kappa shape index (κ3) is 2.88. The Morgan fingerprint density at radius 3 is 2.21 bits per heavy atom. The van der Waals surface area contributed by atoms with E-state index < -0.39 is 0 Å². The average Bonchev–Trinajstić information content (AvgIpc) is 3.02. The van der Waals surface area contributed by atoms with E-state index in [9.17, 15) is 0 Å². The van der Waals surface area contributed by atoms with Crippen molar-refractivity contribution in [2.45, 2.75) is 6.54 Å². The second-order valence-electron chi connectivity index (χ2n) is 5.60. The molecule has 0 bridgehead atoms. The van der Waals surface area contributed by atoms with Crippen molar-refractivity contribution in [3.8, 4) is 17.1 Å². The Morgan fingerprint density at radius 1 is 0.750 bits per heavy atom. The number of hydrogen-bond acceptors (Lipinski definition) is 2.